The summed E-state index contributed by atoms with van der Waals surface area (Å²) in [6.07, 6.45) is 3.89. The number of nitrogens with zero attached hydrogens (tertiary/aromatic N) is 1. The van der Waals surface area contributed by atoms with E-state index in [1.54, 1.807) is 24.3 Å². The van der Waals surface area contributed by atoms with Crippen LogP contribution in [0.4, 0.5) is 11.4 Å². The topological polar surface area (TPSA) is 101 Å². The van der Waals surface area contributed by atoms with Crippen molar-refractivity contribution in [1.29, 1.82) is 0 Å². The summed E-state index contributed by atoms with van der Waals surface area (Å²) in [4.78, 5) is 11.1. The van der Waals surface area contributed by atoms with Crippen LogP contribution in [0.1, 0.15) is 32.1 Å². The number of carboxylic acid groups (broad SMARTS) is 1. The van der Waals surface area contributed by atoms with Crippen molar-refractivity contribution in [2.45, 2.75) is 37.4 Å². The van der Waals surface area contributed by atoms with Crippen LogP contribution in [-0.2, 0) is 14.8 Å². The SMILES string of the molecule is Nc1ccccc1N(CC(=O)O)S(=O)(=O)C1CCCCC1. The van der Waals surface area contributed by atoms with E-state index in [0.717, 1.165) is 23.6 Å². The number of aliphatic carboxylic acids is 1. The summed E-state index contributed by atoms with van der Waals surface area (Å²) in [5, 5.41) is 8.53. The highest BCUT2D eigenvalue weighted by atomic mass is 32.2. The van der Waals surface area contributed by atoms with Crippen LogP contribution in [0.5, 0.6) is 0 Å². The molecule has 0 spiro atoms. The summed E-state index contributed by atoms with van der Waals surface area (Å²) in [5.41, 5.74) is 6.33. The Morgan fingerprint density at radius 2 is 1.86 bits per heavy atom. The zero-order valence-electron chi connectivity index (χ0n) is 11.7. The molecule has 0 aromatic heterocycles. The van der Waals surface area contributed by atoms with E-state index in [2.05, 4.69) is 0 Å². The summed E-state index contributed by atoms with van der Waals surface area (Å²) in [6.45, 7) is -0.604. The van der Waals surface area contributed by atoms with Gasteiger partial charge in [0, 0.05) is 0 Å². The Morgan fingerprint density at radius 1 is 1.24 bits per heavy atom. The number of para-hydroxylation sites is 2. The van der Waals surface area contributed by atoms with E-state index in [1.165, 1.54) is 0 Å². The maximum absolute atomic E-state index is 12.8. The van der Waals surface area contributed by atoms with Gasteiger partial charge in [-0.15, -0.1) is 0 Å². The Bertz CT molecular complexity index is 609. The fraction of sp³-hybridized carbons (Fsp3) is 0.500. The average molecular weight is 312 g/mol. The Kier molecular flexibility index (Phi) is 4.72. The van der Waals surface area contributed by atoms with E-state index < -0.39 is 27.8 Å². The normalized spacial score (nSPS) is 16.6. The first-order valence-electron chi connectivity index (χ1n) is 7.01. The minimum atomic E-state index is -3.72. The number of nitrogens with two attached hydrogens (primary N) is 1. The van der Waals surface area contributed by atoms with E-state index in [1.807, 2.05) is 0 Å². The lowest BCUT2D eigenvalue weighted by atomic mass is 10.0. The predicted molar refractivity (Wildman–Crippen MR) is 81.6 cm³/mol. The van der Waals surface area contributed by atoms with E-state index in [4.69, 9.17) is 10.8 Å². The maximum atomic E-state index is 12.8. The molecule has 3 N–H and O–H groups in total. The highest BCUT2D eigenvalue weighted by molar-refractivity contribution is 7.93. The Morgan fingerprint density at radius 3 is 2.43 bits per heavy atom. The third-order valence-electron chi connectivity index (χ3n) is 3.76. The summed E-state index contributed by atoms with van der Waals surface area (Å²) >= 11 is 0. The van der Waals surface area contributed by atoms with Crippen molar-refractivity contribution < 1.29 is 18.3 Å². The van der Waals surface area contributed by atoms with E-state index in [0.29, 0.717) is 12.8 Å². The minimum absolute atomic E-state index is 0.241. The molecule has 1 aliphatic rings. The van der Waals surface area contributed by atoms with Crippen molar-refractivity contribution in [2.24, 2.45) is 0 Å². The van der Waals surface area contributed by atoms with Crippen LogP contribution >= 0.6 is 0 Å². The van der Waals surface area contributed by atoms with Crippen molar-refractivity contribution in [3.05, 3.63) is 24.3 Å². The molecule has 7 heteroatoms. The lowest BCUT2D eigenvalue weighted by molar-refractivity contribution is -0.135. The third kappa shape index (κ3) is 3.47. The van der Waals surface area contributed by atoms with Gasteiger partial charge in [0.15, 0.2) is 0 Å². The first-order valence-corrected chi connectivity index (χ1v) is 8.51. The molecule has 1 aromatic carbocycles. The van der Waals surface area contributed by atoms with Crippen LogP contribution < -0.4 is 10.0 Å². The molecule has 0 aliphatic heterocycles. The van der Waals surface area contributed by atoms with Crippen LogP contribution in [0.25, 0.3) is 0 Å². The smallest absolute Gasteiger partial charge is 0.324 e. The van der Waals surface area contributed by atoms with Crippen LogP contribution in [-0.4, -0.2) is 31.3 Å². The highest BCUT2D eigenvalue weighted by Crippen LogP contribution is 2.31. The van der Waals surface area contributed by atoms with Gasteiger partial charge in [-0.1, -0.05) is 31.4 Å². The van der Waals surface area contributed by atoms with E-state index >= 15 is 0 Å². The number of hydrogen-bond acceptors (Lipinski definition) is 4. The number of nitrogen functional groups attached to an aromatic ring is 1. The van der Waals surface area contributed by atoms with Crippen molar-refractivity contribution >= 4 is 27.4 Å². The fourth-order valence-electron chi connectivity index (χ4n) is 2.69. The molecule has 0 radical (unpaired) electrons. The van der Waals surface area contributed by atoms with Gasteiger partial charge in [-0.25, -0.2) is 8.42 Å². The molecule has 21 heavy (non-hydrogen) atoms. The number of sulfonamides is 1. The summed E-state index contributed by atoms with van der Waals surface area (Å²) < 4.78 is 26.5. The number of carbonyl (C=O) groups is 1. The van der Waals surface area contributed by atoms with Gasteiger partial charge in [0.25, 0.3) is 0 Å². The Hall–Kier alpha value is -1.76. The Balaban J connectivity index is 2.40. The number of anilines is 2. The molecule has 0 atom stereocenters. The molecule has 0 amide bonds. The van der Waals surface area contributed by atoms with Gasteiger partial charge in [-0.05, 0) is 25.0 Å². The standard InChI is InChI=1S/C14H20N2O4S/c15-12-8-4-5-9-13(12)16(10-14(17)18)21(19,20)11-6-2-1-3-7-11/h4-5,8-9,11H,1-3,6-7,10,15H2,(H,17,18). The molecular weight excluding hydrogens is 292 g/mol. The second kappa shape index (κ2) is 6.34. The number of benzene rings is 1. The van der Waals surface area contributed by atoms with Crippen molar-refractivity contribution in [3.63, 3.8) is 0 Å². The van der Waals surface area contributed by atoms with Crippen LogP contribution in [0.2, 0.25) is 0 Å². The molecule has 6 nitrogen and oxygen atoms in total. The highest BCUT2D eigenvalue weighted by Gasteiger charge is 2.35. The van der Waals surface area contributed by atoms with Crippen molar-refractivity contribution in [2.75, 3.05) is 16.6 Å². The molecule has 1 aliphatic carbocycles. The molecule has 0 unspecified atom stereocenters. The van der Waals surface area contributed by atoms with Crippen LogP contribution in [0.3, 0.4) is 0 Å². The molecule has 1 saturated carbocycles. The van der Waals surface area contributed by atoms with Crippen molar-refractivity contribution in [1.82, 2.24) is 0 Å². The lowest BCUT2D eigenvalue weighted by Crippen LogP contribution is -2.43. The van der Waals surface area contributed by atoms with Gasteiger partial charge in [0.05, 0.1) is 16.6 Å². The first kappa shape index (κ1) is 15.6. The van der Waals surface area contributed by atoms with Gasteiger partial charge in [-0.3, -0.25) is 9.10 Å². The van der Waals surface area contributed by atoms with Gasteiger partial charge in [-0.2, -0.15) is 0 Å². The summed E-state index contributed by atoms with van der Waals surface area (Å²) in [7, 11) is -3.72. The van der Waals surface area contributed by atoms with Gasteiger partial charge >= 0.3 is 5.97 Å². The largest absolute Gasteiger partial charge is 0.480 e. The predicted octanol–water partition coefficient (Wildman–Crippen LogP) is 1.82. The summed E-state index contributed by atoms with van der Waals surface area (Å²) in [5.74, 6) is -1.20. The second-order valence-electron chi connectivity index (χ2n) is 5.26. The Labute approximate surface area is 124 Å². The molecule has 116 valence electrons. The van der Waals surface area contributed by atoms with Crippen molar-refractivity contribution in [3.8, 4) is 0 Å². The maximum Gasteiger partial charge on any atom is 0.324 e. The van der Waals surface area contributed by atoms with Gasteiger partial charge < -0.3 is 10.8 Å². The molecule has 1 aromatic rings. The molecule has 1 fully saturated rings. The van der Waals surface area contributed by atoms with E-state index in [9.17, 15) is 13.2 Å². The van der Waals surface area contributed by atoms with Gasteiger partial charge in [0.1, 0.15) is 6.54 Å². The van der Waals surface area contributed by atoms with E-state index in [-0.39, 0.29) is 11.4 Å². The lowest BCUT2D eigenvalue weighted by Gasteiger charge is -2.30. The molecule has 0 bridgehead atoms. The van der Waals surface area contributed by atoms with Crippen LogP contribution in [0.15, 0.2) is 24.3 Å². The zero-order chi connectivity index (χ0) is 15.5. The minimum Gasteiger partial charge on any atom is -0.480 e. The molecular formula is C14H20N2O4S. The fourth-order valence-corrected chi connectivity index (χ4v) is 4.71. The third-order valence-corrected chi connectivity index (χ3v) is 6.02. The number of carboxylic acids is 1. The zero-order valence-corrected chi connectivity index (χ0v) is 12.6. The average Bonchev–Trinajstić information content (AvgIpc) is 2.46. The molecule has 0 saturated heterocycles. The quantitative estimate of drug-likeness (QED) is 0.808. The second-order valence-corrected chi connectivity index (χ2v) is 7.40. The number of rotatable bonds is 5. The van der Waals surface area contributed by atoms with Crippen LogP contribution in [0, 0.1) is 0 Å². The summed E-state index contributed by atoms with van der Waals surface area (Å²) in [6, 6.07) is 6.45. The first-order chi connectivity index (χ1) is 9.93. The monoisotopic (exact) mass is 312 g/mol. The molecule has 0 heterocycles. The molecule has 2 rings (SSSR count). The number of hydrogen-bond donors (Lipinski definition) is 2. The van der Waals surface area contributed by atoms with Gasteiger partial charge in [0.2, 0.25) is 10.0 Å².